The average Bonchev–Trinajstić information content (AvgIpc) is 2.95. The monoisotopic (exact) mass is 295 g/mol. The number of carbonyl (C=O) groups excluding carboxylic acids is 2. The van der Waals surface area contributed by atoms with Gasteiger partial charge >= 0.3 is 0 Å². The molecule has 2 amide bonds. The first-order valence-electron chi connectivity index (χ1n) is 5.60. The number of amides is 2. The molecule has 2 heterocycles. The maximum Gasteiger partial charge on any atom is 0.271 e. The number of thiophene rings is 1. The van der Waals surface area contributed by atoms with E-state index in [1.165, 1.54) is 23.8 Å². The highest BCUT2D eigenvalue weighted by Gasteiger charge is 2.11. The summed E-state index contributed by atoms with van der Waals surface area (Å²) >= 11 is 2.84. The number of nitrogens with one attached hydrogen (secondary N) is 2. The molecule has 0 saturated carbocycles. The van der Waals surface area contributed by atoms with Crippen LogP contribution in [0.1, 0.15) is 27.9 Å². The molecule has 0 radical (unpaired) electrons. The maximum atomic E-state index is 11.9. The first kappa shape index (κ1) is 13.7. The Balaban J connectivity index is 1.94. The number of aryl methyl sites for hydroxylation is 1. The van der Waals surface area contributed by atoms with Crippen molar-refractivity contribution in [3.05, 3.63) is 33.0 Å². The van der Waals surface area contributed by atoms with E-state index in [9.17, 15) is 9.59 Å². The molecule has 0 fully saturated rings. The predicted octanol–water partition coefficient (Wildman–Crippen LogP) is 2.40. The Kier molecular flexibility index (Phi) is 4.28. The molecule has 0 unspecified atom stereocenters. The van der Waals surface area contributed by atoms with E-state index in [1.807, 2.05) is 18.4 Å². The van der Waals surface area contributed by atoms with Gasteiger partial charge < -0.3 is 10.6 Å². The zero-order chi connectivity index (χ0) is 13.8. The molecule has 0 aliphatic heterocycles. The van der Waals surface area contributed by atoms with Crippen molar-refractivity contribution >= 4 is 39.6 Å². The van der Waals surface area contributed by atoms with Gasteiger partial charge in [0.05, 0.1) is 6.54 Å². The number of carbonyl (C=O) groups is 2. The third kappa shape index (κ3) is 3.62. The number of thiazole rings is 1. The molecule has 100 valence electrons. The number of rotatable bonds is 4. The van der Waals surface area contributed by atoms with Crippen molar-refractivity contribution in [1.82, 2.24) is 10.3 Å². The second-order valence-corrected chi connectivity index (χ2v) is 5.79. The average molecular weight is 295 g/mol. The summed E-state index contributed by atoms with van der Waals surface area (Å²) in [4.78, 5) is 27.9. The lowest BCUT2D eigenvalue weighted by Gasteiger charge is -2.02. The zero-order valence-corrected chi connectivity index (χ0v) is 12.2. The minimum atomic E-state index is -0.236. The molecule has 0 saturated heterocycles. The van der Waals surface area contributed by atoms with Crippen LogP contribution in [0.4, 0.5) is 5.13 Å². The molecule has 0 aliphatic carbocycles. The molecule has 2 rings (SSSR count). The molecule has 5 nitrogen and oxygen atoms in total. The van der Waals surface area contributed by atoms with Crippen LogP contribution in [0.15, 0.2) is 16.8 Å². The zero-order valence-electron chi connectivity index (χ0n) is 10.5. The van der Waals surface area contributed by atoms with E-state index < -0.39 is 0 Å². The minimum absolute atomic E-state index is 0.199. The fraction of sp³-hybridized carbons (Fsp3) is 0.250. The van der Waals surface area contributed by atoms with E-state index in [-0.39, 0.29) is 11.8 Å². The van der Waals surface area contributed by atoms with Crippen molar-refractivity contribution in [1.29, 1.82) is 0 Å². The van der Waals surface area contributed by atoms with E-state index in [0.29, 0.717) is 17.4 Å². The SMILES string of the molecule is CC(=O)Nc1nc(C(=O)NCc2sccc2C)cs1. The number of anilines is 1. The van der Waals surface area contributed by atoms with Gasteiger partial charge in [0.25, 0.3) is 5.91 Å². The van der Waals surface area contributed by atoms with Crippen LogP contribution in [-0.2, 0) is 11.3 Å². The molecule has 0 aliphatic rings. The quantitative estimate of drug-likeness (QED) is 0.910. The fourth-order valence-corrected chi connectivity index (χ4v) is 3.00. The molecule has 0 atom stereocenters. The Labute approximate surface area is 118 Å². The number of nitrogens with zero attached hydrogens (tertiary/aromatic N) is 1. The maximum absolute atomic E-state index is 11.9. The van der Waals surface area contributed by atoms with Gasteiger partial charge in [0.15, 0.2) is 5.13 Å². The highest BCUT2D eigenvalue weighted by atomic mass is 32.1. The van der Waals surface area contributed by atoms with Gasteiger partial charge in [0.2, 0.25) is 5.91 Å². The van der Waals surface area contributed by atoms with E-state index in [0.717, 1.165) is 4.88 Å². The van der Waals surface area contributed by atoms with Gasteiger partial charge in [-0.1, -0.05) is 0 Å². The van der Waals surface area contributed by atoms with Crippen LogP contribution < -0.4 is 10.6 Å². The highest BCUT2D eigenvalue weighted by molar-refractivity contribution is 7.14. The van der Waals surface area contributed by atoms with Crippen molar-refractivity contribution < 1.29 is 9.59 Å². The fourth-order valence-electron chi connectivity index (χ4n) is 1.42. The number of aromatic nitrogens is 1. The normalized spacial score (nSPS) is 10.2. The summed E-state index contributed by atoms with van der Waals surface area (Å²) in [6, 6.07) is 2.02. The van der Waals surface area contributed by atoms with Crippen LogP contribution in [-0.4, -0.2) is 16.8 Å². The van der Waals surface area contributed by atoms with Gasteiger partial charge in [-0.3, -0.25) is 9.59 Å². The lowest BCUT2D eigenvalue weighted by Crippen LogP contribution is -2.23. The summed E-state index contributed by atoms with van der Waals surface area (Å²) in [6.45, 7) is 3.91. The predicted molar refractivity (Wildman–Crippen MR) is 76.6 cm³/mol. The van der Waals surface area contributed by atoms with Crippen LogP contribution in [0, 0.1) is 6.92 Å². The van der Waals surface area contributed by atoms with Crippen LogP contribution in [0.5, 0.6) is 0 Å². The molecular formula is C12H13N3O2S2. The Morgan fingerprint density at radius 1 is 1.37 bits per heavy atom. The van der Waals surface area contributed by atoms with Gasteiger partial charge in [0.1, 0.15) is 5.69 Å². The summed E-state index contributed by atoms with van der Waals surface area (Å²) in [6.07, 6.45) is 0. The standard InChI is InChI=1S/C12H13N3O2S2/c1-7-3-4-18-10(7)5-13-11(17)9-6-19-12(15-9)14-8(2)16/h3-4,6H,5H2,1-2H3,(H,13,17)(H,14,15,16). The first-order valence-corrected chi connectivity index (χ1v) is 7.36. The number of hydrogen-bond acceptors (Lipinski definition) is 5. The lowest BCUT2D eigenvalue weighted by atomic mass is 10.3. The third-order valence-corrected chi connectivity index (χ3v) is 4.18. The van der Waals surface area contributed by atoms with Gasteiger partial charge in [-0.05, 0) is 23.9 Å². The summed E-state index contributed by atoms with van der Waals surface area (Å²) in [5, 5.41) is 9.42. The molecular weight excluding hydrogens is 282 g/mol. The molecule has 0 bridgehead atoms. The van der Waals surface area contributed by atoms with Crippen molar-refractivity contribution in [3.8, 4) is 0 Å². The van der Waals surface area contributed by atoms with Crippen molar-refractivity contribution in [2.45, 2.75) is 20.4 Å². The lowest BCUT2D eigenvalue weighted by molar-refractivity contribution is -0.114. The van der Waals surface area contributed by atoms with Crippen molar-refractivity contribution in [2.24, 2.45) is 0 Å². The van der Waals surface area contributed by atoms with Gasteiger partial charge in [0, 0.05) is 17.2 Å². The Hall–Kier alpha value is -1.73. The summed E-state index contributed by atoms with van der Waals surface area (Å²) in [7, 11) is 0. The molecule has 0 aromatic carbocycles. The minimum Gasteiger partial charge on any atom is -0.346 e. The summed E-state index contributed by atoms with van der Waals surface area (Å²) in [5.74, 6) is -0.434. The molecule has 2 aromatic rings. The highest BCUT2D eigenvalue weighted by Crippen LogP contribution is 2.17. The topological polar surface area (TPSA) is 71.1 Å². The largest absolute Gasteiger partial charge is 0.346 e. The smallest absolute Gasteiger partial charge is 0.271 e. The van der Waals surface area contributed by atoms with Crippen LogP contribution in [0.25, 0.3) is 0 Å². The van der Waals surface area contributed by atoms with Crippen LogP contribution in [0.2, 0.25) is 0 Å². The van der Waals surface area contributed by atoms with E-state index >= 15 is 0 Å². The van der Waals surface area contributed by atoms with Gasteiger partial charge in [-0.2, -0.15) is 0 Å². The molecule has 0 spiro atoms. The Morgan fingerprint density at radius 2 is 2.16 bits per heavy atom. The van der Waals surface area contributed by atoms with Gasteiger partial charge in [-0.25, -0.2) is 4.98 Å². The number of hydrogen-bond donors (Lipinski definition) is 2. The Bertz CT molecular complexity index is 604. The Morgan fingerprint density at radius 3 is 2.79 bits per heavy atom. The summed E-state index contributed by atoms with van der Waals surface area (Å²) < 4.78 is 0. The third-order valence-electron chi connectivity index (χ3n) is 2.40. The second-order valence-electron chi connectivity index (χ2n) is 3.93. The second kappa shape index (κ2) is 5.94. The molecule has 7 heteroatoms. The first-order chi connectivity index (χ1) is 9.06. The molecule has 2 N–H and O–H groups in total. The van der Waals surface area contributed by atoms with E-state index in [2.05, 4.69) is 15.6 Å². The summed E-state index contributed by atoms with van der Waals surface area (Å²) in [5.41, 5.74) is 1.49. The molecule has 2 aromatic heterocycles. The van der Waals surface area contributed by atoms with Crippen LogP contribution >= 0.6 is 22.7 Å². The molecule has 19 heavy (non-hydrogen) atoms. The van der Waals surface area contributed by atoms with Crippen molar-refractivity contribution in [2.75, 3.05) is 5.32 Å². The van der Waals surface area contributed by atoms with Gasteiger partial charge in [-0.15, -0.1) is 22.7 Å². The van der Waals surface area contributed by atoms with E-state index in [1.54, 1.807) is 16.7 Å². The van der Waals surface area contributed by atoms with E-state index in [4.69, 9.17) is 0 Å². The van der Waals surface area contributed by atoms with Crippen molar-refractivity contribution in [3.63, 3.8) is 0 Å². The van der Waals surface area contributed by atoms with Crippen LogP contribution in [0.3, 0.4) is 0 Å².